The molecule has 1 aromatic carbocycles. The Morgan fingerprint density at radius 1 is 1.39 bits per heavy atom. The summed E-state index contributed by atoms with van der Waals surface area (Å²) in [6, 6.07) is 5.28. The van der Waals surface area contributed by atoms with Gasteiger partial charge in [0, 0.05) is 18.3 Å². The quantitative estimate of drug-likeness (QED) is 0.726. The zero-order valence-electron chi connectivity index (χ0n) is 11.1. The van der Waals surface area contributed by atoms with Crippen molar-refractivity contribution in [3.05, 3.63) is 29.3 Å². The standard InChI is InChI=1S/C14H21NO3/c1-9(2)12(6-7-16)15-13-8-10(3)4-5-11(13)14(17)18/h4-5,8-9,12,15-16H,6-7H2,1-3H3,(H,17,18). The number of hydrogen-bond donors (Lipinski definition) is 3. The summed E-state index contributed by atoms with van der Waals surface area (Å²) < 4.78 is 0. The average Bonchev–Trinajstić information content (AvgIpc) is 2.28. The summed E-state index contributed by atoms with van der Waals surface area (Å²) in [5.74, 6) is -0.622. The summed E-state index contributed by atoms with van der Waals surface area (Å²) in [6.07, 6.45) is 0.602. The van der Waals surface area contributed by atoms with Crippen molar-refractivity contribution in [2.75, 3.05) is 11.9 Å². The van der Waals surface area contributed by atoms with Crippen molar-refractivity contribution in [1.29, 1.82) is 0 Å². The number of aryl methyl sites for hydroxylation is 1. The van der Waals surface area contributed by atoms with E-state index in [0.717, 1.165) is 5.56 Å². The van der Waals surface area contributed by atoms with Gasteiger partial charge in [-0.15, -0.1) is 0 Å². The molecule has 18 heavy (non-hydrogen) atoms. The lowest BCUT2D eigenvalue weighted by molar-refractivity contribution is 0.0698. The second-order valence-electron chi connectivity index (χ2n) is 4.86. The zero-order valence-corrected chi connectivity index (χ0v) is 11.1. The number of carboxylic acid groups (broad SMARTS) is 1. The van der Waals surface area contributed by atoms with Gasteiger partial charge in [-0.2, -0.15) is 0 Å². The molecule has 0 saturated heterocycles. The van der Waals surface area contributed by atoms with Gasteiger partial charge in [-0.3, -0.25) is 0 Å². The van der Waals surface area contributed by atoms with E-state index in [2.05, 4.69) is 5.32 Å². The van der Waals surface area contributed by atoms with Crippen LogP contribution in [0.25, 0.3) is 0 Å². The molecule has 0 spiro atoms. The summed E-state index contributed by atoms with van der Waals surface area (Å²) in [6.45, 7) is 6.10. The van der Waals surface area contributed by atoms with Gasteiger partial charge in [0.2, 0.25) is 0 Å². The first-order valence-electron chi connectivity index (χ1n) is 6.17. The van der Waals surface area contributed by atoms with Crippen LogP contribution in [0.2, 0.25) is 0 Å². The van der Waals surface area contributed by atoms with Gasteiger partial charge in [0.05, 0.1) is 5.56 Å². The molecule has 100 valence electrons. The molecule has 0 bridgehead atoms. The largest absolute Gasteiger partial charge is 0.478 e. The highest BCUT2D eigenvalue weighted by Gasteiger charge is 2.16. The van der Waals surface area contributed by atoms with Crippen molar-refractivity contribution in [1.82, 2.24) is 0 Å². The summed E-state index contributed by atoms with van der Waals surface area (Å²) >= 11 is 0. The number of hydrogen-bond acceptors (Lipinski definition) is 3. The van der Waals surface area contributed by atoms with Gasteiger partial charge < -0.3 is 15.5 Å². The van der Waals surface area contributed by atoms with Crippen LogP contribution in [0.3, 0.4) is 0 Å². The number of aliphatic hydroxyl groups excluding tert-OH is 1. The van der Waals surface area contributed by atoms with E-state index >= 15 is 0 Å². The Hall–Kier alpha value is -1.55. The van der Waals surface area contributed by atoms with E-state index in [9.17, 15) is 4.79 Å². The van der Waals surface area contributed by atoms with Crippen LogP contribution in [0.4, 0.5) is 5.69 Å². The fourth-order valence-electron chi connectivity index (χ4n) is 1.87. The zero-order chi connectivity index (χ0) is 13.7. The molecule has 0 aliphatic carbocycles. The van der Waals surface area contributed by atoms with E-state index in [1.54, 1.807) is 12.1 Å². The monoisotopic (exact) mass is 251 g/mol. The predicted molar refractivity (Wildman–Crippen MR) is 72.1 cm³/mol. The predicted octanol–water partition coefficient (Wildman–Crippen LogP) is 2.51. The smallest absolute Gasteiger partial charge is 0.337 e. The molecule has 0 fully saturated rings. The summed E-state index contributed by atoms with van der Waals surface area (Å²) in [5, 5.41) is 21.4. The Bertz CT molecular complexity index is 416. The Labute approximate surface area is 108 Å². The summed E-state index contributed by atoms with van der Waals surface area (Å²) in [4.78, 5) is 11.2. The molecular weight excluding hydrogens is 230 g/mol. The van der Waals surface area contributed by atoms with Crippen molar-refractivity contribution >= 4 is 11.7 Å². The highest BCUT2D eigenvalue weighted by atomic mass is 16.4. The highest BCUT2D eigenvalue weighted by Crippen LogP contribution is 2.21. The summed E-state index contributed by atoms with van der Waals surface area (Å²) in [7, 11) is 0. The minimum absolute atomic E-state index is 0.0647. The van der Waals surface area contributed by atoms with Gasteiger partial charge in [-0.05, 0) is 37.0 Å². The highest BCUT2D eigenvalue weighted by molar-refractivity contribution is 5.94. The molecule has 3 N–H and O–H groups in total. The second kappa shape index (κ2) is 6.40. The number of anilines is 1. The molecular formula is C14H21NO3. The molecule has 4 heteroatoms. The van der Waals surface area contributed by atoms with Gasteiger partial charge >= 0.3 is 5.97 Å². The van der Waals surface area contributed by atoms with E-state index in [1.165, 1.54) is 0 Å². The molecule has 1 aromatic rings. The van der Waals surface area contributed by atoms with Gasteiger partial charge in [0.25, 0.3) is 0 Å². The molecule has 0 aromatic heterocycles. The molecule has 0 radical (unpaired) electrons. The van der Waals surface area contributed by atoms with Crippen molar-refractivity contribution in [2.45, 2.75) is 33.2 Å². The third-order valence-corrected chi connectivity index (χ3v) is 2.99. The van der Waals surface area contributed by atoms with E-state index < -0.39 is 5.97 Å². The minimum Gasteiger partial charge on any atom is -0.478 e. The van der Waals surface area contributed by atoms with Crippen LogP contribution in [0.5, 0.6) is 0 Å². The van der Waals surface area contributed by atoms with Crippen molar-refractivity contribution in [3.63, 3.8) is 0 Å². The molecule has 1 unspecified atom stereocenters. The second-order valence-corrected chi connectivity index (χ2v) is 4.86. The van der Waals surface area contributed by atoms with Gasteiger partial charge in [-0.25, -0.2) is 4.79 Å². The molecule has 4 nitrogen and oxygen atoms in total. The van der Waals surface area contributed by atoms with E-state index in [4.69, 9.17) is 10.2 Å². The molecule has 0 heterocycles. The first-order chi connectivity index (χ1) is 8.45. The van der Waals surface area contributed by atoms with Crippen LogP contribution in [0.15, 0.2) is 18.2 Å². The Morgan fingerprint density at radius 2 is 2.06 bits per heavy atom. The molecule has 0 aliphatic rings. The Kier molecular flexibility index (Phi) is 5.16. The van der Waals surface area contributed by atoms with Crippen LogP contribution in [-0.4, -0.2) is 28.8 Å². The lowest BCUT2D eigenvalue weighted by atomic mass is 10.00. The van der Waals surface area contributed by atoms with Crippen LogP contribution in [-0.2, 0) is 0 Å². The SMILES string of the molecule is Cc1ccc(C(=O)O)c(NC(CCO)C(C)C)c1. The van der Waals surface area contributed by atoms with Gasteiger partial charge in [-0.1, -0.05) is 19.9 Å². The first kappa shape index (κ1) is 14.5. The van der Waals surface area contributed by atoms with Crippen LogP contribution in [0, 0.1) is 12.8 Å². The maximum absolute atomic E-state index is 11.2. The number of rotatable bonds is 6. The molecule has 0 amide bonds. The Morgan fingerprint density at radius 3 is 2.56 bits per heavy atom. The third kappa shape index (κ3) is 3.74. The van der Waals surface area contributed by atoms with Crippen LogP contribution in [0.1, 0.15) is 36.2 Å². The van der Waals surface area contributed by atoms with E-state index in [-0.39, 0.29) is 18.2 Å². The van der Waals surface area contributed by atoms with E-state index in [0.29, 0.717) is 18.0 Å². The molecule has 0 aliphatic heterocycles. The van der Waals surface area contributed by atoms with Crippen molar-refractivity contribution in [3.8, 4) is 0 Å². The molecule has 1 atom stereocenters. The van der Waals surface area contributed by atoms with Gasteiger partial charge in [0.15, 0.2) is 0 Å². The fourth-order valence-corrected chi connectivity index (χ4v) is 1.87. The Balaban J connectivity index is 3.00. The normalized spacial score (nSPS) is 12.5. The van der Waals surface area contributed by atoms with Crippen molar-refractivity contribution in [2.24, 2.45) is 5.92 Å². The topological polar surface area (TPSA) is 69.6 Å². The van der Waals surface area contributed by atoms with Crippen molar-refractivity contribution < 1.29 is 15.0 Å². The van der Waals surface area contributed by atoms with Gasteiger partial charge in [0.1, 0.15) is 0 Å². The lowest BCUT2D eigenvalue weighted by Gasteiger charge is -2.24. The molecule has 0 saturated carbocycles. The molecule has 1 rings (SSSR count). The maximum atomic E-state index is 11.2. The van der Waals surface area contributed by atoms with Crippen LogP contribution >= 0.6 is 0 Å². The van der Waals surface area contributed by atoms with Crippen LogP contribution < -0.4 is 5.32 Å². The lowest BCUT2D eigenvalue weighted by Crippen LogP contribution is -2.27. The number of benzene rings is 1. The fraction of sp³-hybridized carbons (Fsp3) is 0.500. The maximum Gasteiger partial charge on any atom is 0.337 e. The summed E-state index contributed by atoms with van der Waals surface area (Å²) in [5.41, 5.74) is 1.90. The minimum atomic E-state index is -0.941. The first-order valence-corrected chi connectivity index (χ1v) is 6.17. The number of carboxylic acids is 1. The number of aromatic carboxylic acids is 1. The average molecular weight is 251 g/mol. The van der Waals surface area contributed by atoms with E-state index in [1.807, 2.05) is 26.8 Å². The number of carbonyl (C=O) groups is 1. The third-order valence-electron chi connectivity index (χ3n) is 2.99. The number of nitrogens with one attached hydrogen (secondary N) is 1. The number of aliphatic hydroxyl groups is 1.